The number of rotatable bonds is 6. The van der Waals surface area contributed by atoms with Gasteiger partial charge in [-0.3, -0.25) is 9.59 Å². The number of carbonyl (C=O) groups is 3. The van der Waals surface area contributed by atoms with Gasteiger partial charge in [-0.05, 0) is 31.4 Å². The molecule has 0 fully saturated rings. The molecule has 1 unspecified atom stereocenters. The summed E-state index contributed by atoms with van der Waals surface area (Å²) in [6.45, 7) is 3.77. The average molecular weight is 476 g/mol. The molecule has 1 aromatic carbocycles. The van der Waals surface area contributed by atoms with Crippen molar-refractivity contribution >= 4 is 24.9 Å². The molecule has 150 valence electrons. The Kier molecular flexibility index (Phi) is 19.0. The molecule has 0 saturated heterocycles. The quantitative estimate of drug-likeness (QED) is 0.168. The van der Waals surface area contributed by atoms with Crippen LogP contribution in [0.1, 0.15) is 11.5 Å². The fraction of sp³-hybridized carbons (Fsp3) is 0.167. The Morgan fingerprint density at radius 1 is 1.00 bits per heavy atom. The van der Waals surface area contributed by atoms with E-state index >= 15 is 0 Å². The molecule has 31 heavy (non-hydrogen) atoms. The maximum absolute atomic E-state index is 12.2. The summed E-state index contributed by atoms with van der Waals surface area (Å²) in [5.74, 6) is -0.119. The molecule has 13 heteroatoms. The topological polar surface area (TPSA) is 156 Å². The summed E-state index contributed by atoms with van der Waals surface area (Å²) in [6.07, 6.45) is 4.18. The molecule has 0 N–H and O–H groups in total. The van der Waals surface area contributed by atoms with Crippen molar-refractivity contribution in [1.29, 1.82) is 0 Å². The summed E-state index contributed by atoms with van der Waals surface area (Å²) in [6, 6.07) is 7.30. The molecule has 0 radical (unpaired) electrons. The molecule has 2 rings (SSSR count). The van der Waals surface area contributed by atoms with Crippen LogP contribution in [-0.2, 0) is 18.9 Å². The van der Waals surface area contributed by atoms with Crippen LogP contribution in [0.15, 0.2) is 60.4 Å². The molecule has 0 amide bonds. The second kappa shape index (κ2) is 16.6. The molecule has 0 bridgehead atoms. The van der Waals surface area contributed by atoms with Crippen LogP contribution in [0.5, 0.6) is 5.75 Å². The number of ketones is 2. The van der Waals surface area contributed by atoms with Crippen molar-refractivity contribution in [3.05, 3.63) is 66.0 Å². The minimum Gasteiger partial charge on any atom is -0.807 e. The van der Waals surface area contributed by atoms with E-state index < -0.39 is 13.3 Å². The second-order valence-electron chi connectivity index (χ2n) is 5.29. The fourth-order valence-corrected chi connectivity index (χ4v) is 2.21. The largest absolute Gasteiger partial charge is 1.00 e. The van der Waals surface area contributed by atoms with Crippen molar-refractivity contribution in [1.82, 2.24) is 0 Å². The number of carboxylic acid groups (broad SMARTS) is 1. The van der Waals surface area contributed by atoms with Gasteiger partial charge in [-0.2, -0.15) is 0 Å². The first kappa shape index (κ1) is 35.6. The van der Waals surface area contributed by atoms with E-state index in [1.54, 1.807) is 25.3 Å². The summed E-state index contributed by atoms with van der Waals surface area (Å²) in [7, 11) is -2.48. The SMILES string of the molecule is C=CC(C1=CC(=O)C(OC)=CC1=O)c1ccc(OC)cc1.O=C([O-])P(=O)([O-])[O-].[Na+].[Na+].[Na+]. The van der Waals surface area contributed by atoms with E-state index in [4.69, 9.17) is 33.7 Å². The van der Waals surface area contributed by atoms with Gasteiger partial charge in [0.15, 0.2) is 11.5 Å². The van der Waals surface area contributed by atoms with Crippen LogP contribution in [0.3, 0.4) is 0 Å². The summed E-state index contributed by atoms with van der Waals surface area (Å²) >= 11 is 0. The van der Waals surface area contributed by atoms with E-state index in [0.717, 1.165) is 11.3 Å². The van der Waals surface area contributed by atoms with Gasteiger partial charge in [0, 0.05) is 17.6 Å². The minimum atomic E-state index is -5.43. The molecule has 1 aromatic rings. The molecule has 0 saturated carbocycles. The van der Waals surface area contributed by atoms with E-state index in [1.807, 2.05) is 12.1 Å². The van der Waals surface area contributed by atoms with Gasteiger partial charge in [-0.25, -0.2) is 0 Å². The van der Waals surface area contributed by atoms with Gasteiger partial charge in [0.2, 0.25) is 5.78 Å². The van der Waals surface area contributed by atoms with E-state index in [1.165, 1.54) is 19.3 Å². The van der Waals surface area contributed by atoms with E-state index in [0.29, 0.717) is 5.57 Å². The van der Waals surface area contributed by atoms with Crippen LogP contribution in [0.2, 0.25) is 0 Å². The van der Waals surface area contributed by atoms with Gasteiger partial charge in [0.25, 0.3) is 0 Å². The Morgan fingerprint density at radius 2 is 1.48 bits per heavy atom. The molecule has 0 aliphatic heterocycles. The predicted octanol–water partition coefficient (Wildman–Crippen LogP) is -9.17. The first-order valence-electron chi connectivity index (χ1n) is 7.61. The maximum Gasteiger partial charge on any atom is 1.00 e. The standard InChI is InChI=1S/C17H16O4.CH3O5P.3Na/c1-4-13(11-5-7-12(20-2)8-6-11)14-9-16(19)17(21-3)10-15(14)18;2-1(3)7(4,5)6;;;/h4-10,13H,1H2,2-3H3;(H,2,3)(H2,4,5,6);;;/q;;3*+1/p-3. The third kappa shape index (κ3) is 11.1. The molecule has 1 aliphatic rings. The molecule has 1 aliphatic carbocycles. The molecule has 9 nitrogen and oxygen atoms in total. The zero-order valence-corrected chi connectivity index (χ0v) is 24.8. The molecular formula is C18H16Na3O9P. The Balaban J connectivity index is -0.000000686. The molecule has 0 heterocycles. The van der Waals surface area contributed by atoms with Crippen LogP contribution in [0.25, 0.3) is 0 Å². The van der Waals surface area contributed by atoms with Crippen molar-refractivity contribution in [2.24, 2.45) is 0 Å². The number of hydrogen-bond acceptors (Lipinski definition) is 9. The van der Waals surface area contributed by atoms with Crippen molar-refractivity contribution in [3.8, 4) is 5.75 Å². The van der Waals surface area contributed by atoms with Crippen LogP contribution in [-0.4, -0.2) is 31.5 Å². The number of methoxy groups -OCH3 is 2. The third-order valence-electron chi connectivity index (χ3n) is 3.57. The zero-order chi connectivity index (χ0) is 21.5. The molecular weight excluding hydrogens is 460 g/mol. The predicted molar refractivity (Wildman–Crippen MR) is 92.1 cm³/mol. The van der Waals surface area contributed by atoms with Crippen molar-refractivity contribution < 1.29 is 132 Å². The van der Waals surface area contributed by atoms with E-state index in [-0.39, 0.29) is 112 Å². The number of ether oxygens (including phenoxy) is 2. The van der Waals surface area contributed by atoms with Crippen molar-refractivity contribution in [2.75, 3.05) is 14.2 Å². The first-order valence-corrected chi connectivity index (χ1v) is 9.15. The van der Waals surface area contributed by atoms with Crippen LogP contribution < -0.4 is 108 Å². The monoisotopic (exact) mass is 476 g/mol. The Bertz CT molecular complexity index is 889. The van der Waals surface area contributed by atoms with Gasteiger partial charge in [-0.1, -0.05) is 18.2 Å². The molecule has 0 aromatic heterocycles. The Hall–Kier alpha value is 0. The number of benzene rings is 1. The van der Waals surface area contributed by atoms with Crippen molar-refractivity contribution in [3.63, 3.8) is 0 Å². The Labute approximate surface area is 246 Å². The normalized spacial score (nSPS) is 13.3. The Morgan fingerprint density at radius 3 is 1.84 bits per heavy atom. The summed E-state index contributed by atoms with van der Waals surface area (Å²) in [5, 5.41) is 9.02. The zero-order valence-electron chi connectivity index (χ0n) is 17.9. The van der Waals surface area contributed by atoms with E-state index in [2.05, 4.69) is 6.58 Å². The van der Waals surface area contributed by atoms with Crippen LogP contribution in [0.4, 0.5) is 4.79 Å². The van der Waals surface area contributed by atoms with Gasteiger partial charge in [0.05, 0.1) is 19.9 Å². The smallest absolute Gasteiger partial charge is 0.807 e. The van der Waals surface area contributed by atoms with Crippen LogP contribution >= 0.6 is 7.60 Å². The molecule has 1 atom stereocenters. The van der Waals surface area contributed by atoms with Crippen molar-refractivity contribution in [2.45, 2.75) is 5.92 Å². The van der Waals surface area contributed by atoms with Gasteiger partial charge in [-0.15, -0.1) is 6.58 Å². The fourth-order valence-electron chi connectivity index (χ4n) is 2.21. The van der Waals surface area contributed by atoms with Crippen LogP contribution in [0, 0.1) is 0 Å². The maximum atomic E-state index is 12.2. The van der Waals surface area contributed by atoms with E-state index in [9.17, 15) is 9.59 Å². The first-order chi connectivity index (χ1) is 13.0. The number of hydrogen-bond donors (Lipinski definition) is 0. The second-order valence-corrected chi connectivity index (χ2v) is 6.65. The number of carbonyl (C=O) groups excluding carboxylic acids is 3. The molecule has 0 spiro atoms. The minimum absolute atomic E-state index is 0. The van der Waals surface area contributed by atoms with Gasteiger partial charge >= 0.3 is 88.7 Å². The summed E-state index contributed by atoms with van der Waals surface area (Å²) in [4.78, 5) is 51.3. The summed E-state index contributed by atoms with van der Waals surface area (Å²) in [5.41, 5.74) is -1.30. The van der Waals surface area contributed by atoms with Gasteiger partial charge < -0.3 is 33.7 Å². The third-order valence-corrected chi connectivity index (χ3v) is 4.01. The average Bonchev–Trinajstić information content (AvgIpc) is 2.65. The summed E-state index contributed by atoms with van der Waals surface area (Å²) < 4.78 is 19.1. The van der Waals surface area contributed by atoms with Gasteiger partial charge in [0.1, 0.15) is 5.75 Å². The number of allylic oxidation sites excluding steroid dienone is 4.